The molecule has 2 aromatic carbocycles. The lowest BCUT2D eigenvalue weighted by molar-refractivity contribution is -0.119. The van der Waals surface area contributed by atoms with E-state index in [0.717, 1.165) is 4.90 Å². The van der Waals surface area contributed by atoms with Gasteiger partial charge in [-0.15, -0.1) is 0 Å². The molecule has 2 aromatic rings. The van der Waals surface area contributed by atoms with E-state index in [-0.39, 0.29) is 33.8 Å². The maximum absolute atomic E-state index is 12.5. The minimum Gasteiger partial charge on any atom is -0.452 e. The number of nitrogens with two attached hydrogens (primary N) is 1. The highest BCUT2D eigenvalue weighted by molar-refractivity contribution is 7.89. The van der Waals surface area contributed by atoms with Gasteiger partial charge in [0.25, 0.3) is 17.7 Å². The lowest BCUT2D eigenvalue weighted by atomic mass is 10.1. The average Bonchev–Trinajstić information content (AvgIpc) is 3.01. The van der Waals surface area contributed by atoms with Crippen LogP contribution in [0.25, 0.3) is 0 Å². The summed E-state index contributed by atoms with van der Waals surface area (Å²) >= 11 is 0. The zero-order valence-corrected chi connectivity index (χ0v) is 18.4. The van der Waals surface area contributed by atoms with Gasteiger partial charge >= 0.3 is 5.97 Å². The van der Waals surface area contributed by atoms with E-state index in [1.807, 2.05) is 0 Å². The van der Waals surface area contributed by atoms with Gasteiger partial charge in [0, 0.05) is 25.9 Å². The van der Waals surface area contributed by atoms with Crippen molar-refractivity contribution in [3.8, 4) is 0 Å². The zero-order chi connectivity index (χ0) is 24.2. The predicted octanol–water partition coefficient (Wildman–Crippen LogP) is 0.762. The zero-order valence-electron chi connectivity index (χ0n) is 17.6. The second-order valence-corrected chi connectivity index (χ2v) is 8.62. The first-order valence-electron chi connectivity index (χ1n) is 9.71. The molecule has 3 N–H and O–H groups in total. The number of hydrogen-bond donors (Lipinski definition) is 2. The van der Waals surface area contributed by atoms with E-state index in [2.05, 4.69) is 5.32 Å². The van der Waals surface area contributed by atoms with Crippen LogP contribution in [0.2, 0.25) is 0 Å². The molecule has 1 aliphatic heterocycles. The fourth-order valence-electron chi connectivity index (χ4n) is 3.13. The third-order valence-electron chi connectivity index (χ3n) is 4.74. The maximum atomic E-state index is 12.5. The molecule has 12 heteroatoms. The summed E-state index contributed by atoms with van der Waals surface area (Å²) in [4.78, 5) is 50.3. The number of primary sulfonamides is 1. The van der Waals surface area contributed by atoms with Crippen molar-refractivity contribution in [2.45, 2.75) is 11.3 Å². The lowest BCUT2D eigenvalue weighted by Gasteiger charge is -2.12. The van der Waals surface area contributed by atoms with E-state index in [0.29, 0.717) is 13.0 Å². The molecule has 0 spiro atoms. The van der Waals surface area contributed by atoms with Crippen molar-refractivity contribution in [1.29, 1.82) is 0 Å². The summed E-state index contributed by atoms with van der Waals surface area (Å²) in [6, 6.07) is 9.08. The summed E-state index contributed by atoms with van der Waals surface area (Å²) in [5.74, 6) is -2.47. The van der Waals surface area contributed by atoms with Crippen LogP contribution in [-0.2, 0) is 24.3 Å². The number of benzene rings is 2. The van der Waals surface area contributed by atoms with Crippen LogP contribution in [0.15, 0.2) is 47.4 Å². The van der Waals surface area contributed by atoms with Gasteiger partial charge in [-0.3, -0.25) is 19.3 Å². The molecular formula is C21H21N3O8S. The Labute approximate surface area is 189 Å². The number of methoxy groups -OCH3 is 1. The van der Waals surface area contributed by atoms with Crippen molar-refractivity contribution in [3.63, 3.8) is 0 Å². The number of hydrogen-bond acceptors (Lipinski definition) is 8. The molecule has 33 heavy (non-hydrogen) atoms. The van der Waals surface area contributed by atoms with Gasteiger partial charge in [-0.05, 0) is 48.9 Å². The van der Waals surface area contributed by atoms with Crippen LogP contribution in [-0.4, -0.2) is 63.9 Å². The molecule has 0 fully saturated rings. The van der Waals surface area contributed by atoms with Gasteiger partial charge in [-0.25, -0.2) is 18.4 Å². The summed E-state index contributed by atoms with van der Waals surface area (Å²) in [6.07, 6.45) is 0.483. The first-order valence-corrected chi connectivity index (χ1v) is 11.3. The highest BCUT2D eigenvalue weighted by atomic mass is 32.2. The molecule has 0 bridgehead atoms. The number of carbonyl (C=O) groups excluding carboxylic acids is 4. The Morgan fingerprint density at radius 2 is 1.70 bits per heavy atom. The van der Waals surface area contributed by atoms with Gasteiger partial charge in [-0.1, -0.05) is 0 Å². The minimum atomic E-state index is -3.86. The van der Waals surface area contributed by atoms with Crippen molar-refractivity contribution in [3.05, 3.63) is 59.2 Å². The molecule has 0 unspecified atom stereocenters. The number of amides is 3. The number of sulfonamides is 1. The molecule has 0 radical (unpaired) electrons. The Kier molecular flexibility index (Phi) is 7.21. The molecule has 0 saturated carbocycles. The highest BCUT2D eigenvalue weighted by Gasteiger charge is 2.35. The van der Waals surface area contributed by atoms with E-state index in [4.69, 9.17) is 14.6 Å². The van der Waals surface area contributed by atoms with Crippen molar-refractivity contribution >= 4 is 39.4 Å². The van der Waals surface area contributed by atoms with E-state index in [1.165, 1.54) is 49.6 Å². The molecule has 11 nitrogen and oxygen atoms in total. The standard InChI is InChI=1S/C21H21N3O8S/c1-31-10-2-9-24-19(26)16-8-3-13(11-17(16)20(24)27)21(28)32-12-18(25)23-14-4-6-15(7-5-14)33(22,29)30/h3-8,11H,2,9-10,12H2,1H3,(H,23,25)(H2,22,29,30). The Morgan fingerprint density at radius 1 is 1.03 bits per heavy atom. The van der Waals surface area contributed by atoms with Crippen molar-refractivity contribution in [2.24, 2.45) is 5.14 Å². The number of imide groups is 1. The summed E-state index contributed by atoms with van der Waals surface area (Å²) in [6.45, 7) is -0.0372. The Hall–Kier alpha value is -3.61. The van der Waals surface area contributed by atoms with Crippen LogP contribution < -0.4 is 10.5 Å². The van der Waals surface area contributed by atoms with Crippen LogP contribution in [0.3, 0.4) is 0 Å². The minimum absolute atomic E-state index is 0.0129. The highest BCUT2D eigenvalue weighted by Crippen LogP contribution is 2.24. The molecule has 1 aliphatic rings. The maximum Gasteiger partial charge on any atom is 0.338 e. The molecule has 0 atom stereocenters. The van der Waals surface area contributed by atoms with Gasteiger partial charge in [0.05, 0.1) is 21.6 Å². The molecule has 174 valence electrons. The van der Waals surface area contributed by atoms with Gasteiger partial charge in [0.15, 0.2) is 6.61 Å². The number of carbonyl (C=O) groups is 4. The summed E-state index contributed by atoms with van der Waals surface area (Å²) in [5.41, 5.74) is 0.568. The Bertz CT molecular complexity index is 1210. The van der Waals surface area contributed by atoms with Crippen molar-refractivity contribution in [1.82, 2.24) is 4.90 Å². The van der Waals surface area contributed by atoms with Gasteiger partial charge in [-0.2, -0.15) is 0 Å². The molecule has 3 amide bonds. The summed E-state index contributed by atoms with van der Waals surface area (Å²) in [5, 5.41) is 7.45. The second kappa shape index (κ2) is 9.90. The molecular weight excluding hydrogens is 454 g/mol. The van der Waals surface area contributed by atoms with Crippen LogP contribution in [0.5, 0.6) is 0 Å². The van der Waals surface area contributed by atoms with E-state index >= 15 is 0 Å². The number of ether oxygens (including phenoxy) is 2. The third-order valence-corrected chi connectivity index (χ3v) is 5.67. The summed E-state index contributed by atoms with van der Waals surface area (Å²) < 4.78 is 32.4. The quantitative estimate of drug-likeness (QED) is 0.305. The van der Waals surface area contributed by atoms with Gasteiger partial charge < -0.3 is 14.8 Å². The molecule has 1 heterocycles. The van der Waals surface area contributed by atoms with E-state index < -0.39 is 40.3 Å². The van der Waals surface area contributed by atoms with Gasteiger partial charge in [0.2, 0.25) is 10.0 Å². The number of anilines is 1. The monoisotopic (exact) mass is 475 g/mol. The normalized spacial score (nSPS) is 13.1. The Morgan fingerprint density at radius 3 is 2.33 bits per heavy atom. The van der Waals surface area contributed by atoms with Crippen LogP contribution in [0, 0.1) is 0 Å². The first kappa shape index (κ1) is 24.0. The third kappa shape index (κ3) is 5.61. The average molecular weight is 475 g/mol. The second-order valence-electron chi connectivity index (χ2n) is 7.06. The smallest absolute Gasteiger partial charge is 0.338 e. The number of fused-ring (bicyclic) bond motifs is 1. The van der Waals surface area contributed by atoms with Gasteiger partial charge in [0.1, 0.15) is 0 Å². The molecule has 0 saturated heterocycles. The topological polar surface area (TPSA) is 162 Å². The predicted molar refractivity (Wildman–Crippen MR) is 115 cm³/mol. The molecule has 0 aromatic heterocycles. The number of rotatable bonds is 9. The largest absolute Gasteiger partial charge is 0.452 e. The van der Waals surface area contributed by atoms with Crippen LogP contribution >= 0.6 is 0 Å². The summed E-state index contributed by atoms with van der Waals surface area (Å²) in [7, 11) is -2.34. The molecule has 3 rings (SSSR count). The fourth-order valence-corrected chi connectivity index (χ4v) is 3.64. The first-order chi connectivity index (χ1) is 15.6. The molecule has 0 aliphatic carbocycles. The fraction of sp³-hybridized carbons (Fsp3) is 0.238. The SMILES string of the molecule is COCCCN1C(=O)c2ccc(C(=O)OCC(=O)Nc3ccc(S(N)(=O)=O)cc3)cc2C1=O. The van der Waals surface area contributed by atoms with Crippen LogP contribution in [0.1, 0.15) is 37.5 Å². The van der Waals surface area contributed by atoms with E-state index in [9.17, 15) is 27.6 Å². The lowest BCUT2D eigenvalue weighted by Crippen LogP contribution is -2.31. The van der Waals surface area contributed by atoms with Crippen molar-refractivity contribution in [2.75, 3.05) is 32.2 Å². The number of nitrogens with one attached hydrogen (secondary N) is 1. The van der Waals surface area contributed by atoms with E-state index in [1.54, 1.807) is 0 Å². The van der Waals surface area contributed by atoms with Crippen molar-refractivity contribution < 1.29 is 37.1 Å². The van der Waals surface area contributed by atoms with Crippen LogP contribution in [0.4, 0.5) is 5.69 Å². The number of nitrogens with zero attached hydrogens (tertiary/aromatic N) is 1. The number of esters is 1. The Balaban J connectivity index is 1.59.